The number of rotatable bonds is 5. The summed E-state index contributed by atoms with van der Waals surface area (Å²) in [5.74, 6) is 0.816. The average Bonchev–Trinajstić information content (AvgIpc) is 2.42. The van der Waals surface area contributed by atoms with Gasteiger partial charge in [0.2, 0.25) is 0 Å². The van der Waals surface area contributed by atoms with E-state index in [9.17, 15) is 4.39 Å². The van der Waals surface area contributed by atoms with Crippen LogP contribution in [0.5, 0.6) is 11.5 Å². The fourth-order valence-electron chi connectivity index (χ4n) is 1.68. The van der Waals surface area contributed by atoms with E-state index < -0.39 is 5.82 Å². The molecule has 0 bridgehead atoms. The Hall–Kier alpha value is -1.58. The number of ether oxygens (including phenoxy) is 1. The summed E-state index contributed by atoms with van der Waals surface area (Å²) >= 11 is 5.74. The van der Waals surface area contributed by atoms with Crippen molar-refractivity contribution in [1.29, 1.82) is 0 Å². The first-order chi connectivity index (χ1) is 9.20. The van der Waals surface area contributed by atoms with Crippen LogP contribution in [0.25, 0.3) is 0 Å². The zero-order chi connectivity index (χ0) is 13.7. The van der Waals surface area contributed by atoms with Gasteiger partial charge >= 0.3 is 0 Å². The minimum Gasteiger partial charge on any atom is -0.457 e. The van der Waals surface area contributed by atoms with Crippen LogP contribution in [0, 0.1) is 5.82 Å². The Labute approximate surface area is 117 Å². The van der Waals surface area contributed by atoms with Gasteiger partial charge in [-0.2, -0.15) is 0 Å². The van der Waals surface area contributed by atoms with Gasteiger partial charge in [0, 0.05) is 18.2 Å². The van der Waals surface area contributed by atoms with Crippen LogP contribution in [0.2, 0.25) is 5.02 Å². The van der Waals surface area contributed by atoms with E-state index in [4.69, 9.17) is 16.3 Å². The van der Waals surface area contributed by atoms with Crippen LogP contribution in [0.3, 0.4) is 0 Å². The summed E-state index contributed by atoms with van der Waals surface area (Å²) in [5, 5.41) is 3.30. The topological polar surface area (TPSA) is 21.3 Å². The molecule has 0 amide bonds. The van der Waals surface area contributed by atoms with Crippen LogP contribution in [0.1, 0.15) is 12.5 Å². The van der Waals surface area contributed by atoms with Crippen molar-refractivity contribution in [2.75, 3.05) is 6.54 Å². The lowest BCUT2D eigenvalue weighted by Gasteiger charge is -2.11. The van der Waals surface area contributed by atoms with Crippen molar-refractivity contribution in [3.63, 3.8) is 0 Å². The zero-order valence-corrected chi connectivity index (χ0v) is 11.4. The first-order valence-electron chi connectivity index (χ1n) is 6.12. The van der Waals surface area contributed by atoms with E-state index in [1.165, 1.54) is 12.1 Å². The first kappa shape index (κ1) is 13.8. The SMILES string of the molecule is CCNCc1ccccc1Oc1ccc(F)c(Cl)c1. The van der Waals surface area contributed by atoms with Gasteiger partial charge in [-0.1, -0.05) is 36.7 Å². The molecule has 0 atom stereocenters. The molecule has 0 aliphatic rings. The number of hydrogen-bond donors (Lipinski definition) is 1. The molecule has 0 heterocycles. The normalized spacial score (nSPS) is 10.5. The van der Waals surface area contributed by atoms with Crippen molar-refractivity contribution in [2.45, 2.75) is 13.5 Å². The average molecular weight is 280 g/mol. The Kier molecular flexibility index (Phi) is 4.77. The van der Waals surface area contributed by atoms with Crippen LogP contribution >= 0.6 is 11.6 Å². The number of nitrogens with one attached hydrogen (secondary N) is 1. The molecular formula is C15H15ClFNO. The maximum Gasteiger partial charge on any atom is 0.142 e. The molecule has 0 fully saturated rings. The summed E-state index contributed by atoms with van der Waals surface area (Å²) in [6, 6.07) is 12.1. The van der Waals surface area contributed by atoms with Crippen LogP contribution in [0.15, 0.2) is 42.5 Å². The third kappa shape index (κ3) is 3.69. The molecule has 1 N–H and O–H groups in total. The maximum atomic E-state index is 13.1. The molecule has 2 aromatic carbocycles. The molecule has 0 saturated carbocycles. The number of benzene rings is 2. The van der Waals surface area contributed by atoms with Gasteiger partial charge in [-0.05, 0) is 24.7 Å². The van der Waals surface area contributed by atoms with E-state index in [0.29, 0.717) is 5.75 Å². The van der Waals surface area contributed by atoms with Crippen LogP contribution < -0.4 is 10.1 Å². The highest BCUT2D eigenvalue weighted by Crippen LogP contribution is 2.28. The molecule has 0 aliphatic carbocycles. The lowest BCUT2D eigenvalue weighted by Crippen LogP contribution is -2.12. The third-order valence-corrected chi connectivity index (χ3v) is 2.95. The van der Waals surface area contributed by atoms with Gasteiger partial charge in [-0.15, -0.1) is 0 Å². The molecule has 2 rings (SSSR count). The standard InChI is InChI=1S/C15H15ClFNO/c1-2-18-10-11-5-3-4-6-15(11)19-12-7-8-14(17)13(16)9-12/h3-9,18H,2,10H2,1H3. The van der Waals surface area contributed by atoms with Crippen molar-refractivity contribution < 1.29 is 9.13 Å². The minimum atomic E-state index is -0.449. The predicted molar refractivity (Wildman–Crippen MR) is 75.3 cm³/mol. The third-order valence-electron chi connectivity index (χ3n) is 2.66. The van der Waals surface area contributed by atoms with Gasteiger partial charge in [0.1, 0.15) is 17.3 Å². The molecule has 0 aliphatic heterocycles. The number of hydrogen-bond acceptors (Lipinski definition) is 2. The summed E-state index contributed by atoms with van der Waals surface area (Å²) in [5.41, 5.74) is 1.05. The Morgan fingerprint density at radius 3 is 2.74 bits per heavy atom. The van der Waals surface area contributed by atoms with Crippen molar-refractivity contribution in [2.24, 2.45) is 0 Å². The molecule has 4 heteroatoms. The van der Waals surface area contributed by atoms with Gasteiger partial charge in [0.25, 0.3) is 0 Å². The van der Waals surface area contributed by atoms with Crippen molar-refractivity contribution in [3.05, 3.63) is 58.9 Å². The van der Waals surface area contributed by atoms with E-state index in [1.54, 1.807) is 6.07 Å². The largest absolute Gasteiger partial charge is 0.457 e. The zero-order valence-electron chi connectivity index (χ0n) is 10.6. The molecule has 0 radical (unpaired) electrons. The van der Waals surface area contributed by atoms with Crippen LogP contribution in [-0.4, -0.2) is 6.54 Å². The molecule has 100 valence electrons. The highest BCUT2D eigenvalue weighted by molar-refractivity contribution is 6.30. The summed E-state index contributed by atoms with van der Waals surface area (Å²) in [6.07, 6.45) is 0. The molecule has 0 spiro atoms. The highest BCUT2D eigenvalue weighted by Gasteiger charge is 2.06. The Balaban J connectivity index is 2.20. The fraction of sp³-hybridized carbons (Fsp3) is 0.200. The summed E-state index contributed by atoms with van der Waals surface area (Å²) in [6.45, 7) is 3.65. The van der Waals surface area contributed by atoms with E-state index in [2.05, 4.69) is 5.32 Å². The summed E-state index contributed by atoms with van der Waals surface area (Å²) < 4.78 is 18.8. The van der Waals surface area contributed by atoms with Gasteiger partial charge in [-0.25, -0.2) is 4.39 Å². The summed E-state index contributed by atoms with van der Waals surface area (Å²) in [7, 11) is 0. The van der Waals surface area contributed by atoms with E-state index in [0.717, 1.165) is 24.4 Å². The molecule has 19 heavy (non-hydrogen) atoms. The second-order valence-electron chi connectivity index (χ2n) is 4.07. The highest BCUT2D eigenvalue weighted by atomic mass is 35.5. The lowest BCUT2D eigenvalue weighted by molar-refractivity contribution is 0.471. The monoisotopic (exact) mass is 279 g/mol. The van der Waals surface area contributed by atoms with Crippen molar-refractivity contribution in [1.82, 2.24) is 5.32 Å². The van der Waals surface area contributed by atoms with Crippen molar-refractivity contribution >= 4 is 11.6 Å². The summed E-state index contributed by atoms with van der Waals surface area (Å²) in [4.78, 5) is 0. The molecular weight excluding hydrogens is 265 g/mol. The Morgan fingerprint density at radius 1 is 1.21 bits per heavy atom. The Bertz CT molecular complexity index is 560. The van der Waals surface area contributed by atoms with Crippen molar-refractivity contribution in [3.8, 4) is 11.5 Å². The smallest absolute Gasteiger partial charge is 0.142 e. The van der Waals surface area contributed by atoms with Crippen LogP contribution in [0.4, 0.5) is 4.39 Å². The second-order valence-corrected chi connectivity index (χ2v) is 4.47. The number of para-hydroxylation sites is 1. The van der Waals surface area contributed by atoms with E-state index in [-0.39, 0.29) is 5.02 Å². The maximum absolute atomic E-state index is 13.1. The molecule has 2 nitrogen and oxygen atoms in total. The quantitative estimate of drug-likeness (QED) is 0.877. The number of halogens is 2. The predicted octanol–water partition coefficient (Wildman–Crippen LogP) is 4.38. The van der Waals surface area contributed by atoms with Gasteiger partial charge in [0.05, 0.1) is 5.02 Å². The Morgan fingerprint density at radius 2 is 2.00 bits per heavy atom. The first-order valence-corrected chi connectivity index (χ1v) is 6.50. The molecule has 2 aromatic rings. The van der Waals surface area contributed by atoms with Gasteiger partial charge in [0.15, 0.2) is 0 Å². The van der Waals surface area contributed by atoms with Crippen LogP contribution in [-0.2, 0) is 6.54 Å². The van der Waals surface area contributed by atoms with E-state index in [1.807, 2.05) is 31.2 Å². The molecule has 0 unspecified atom stereocenters. The lowest BCUT2D eigenvalue weighted by atomic mass is 10.2. The van der Waals surface area contributed by atoms with E-state index >= 15 is 0 Å². The molecule has 0 aromatic heterocycles. The fourth-order valence-corrected chi connectivity index (χ4v) is 1.85. The van der Waals surface area contributed by atoms with Gasteiger partial charge in [-0.3, -0.25) is 0 Å². The van der Waals surface area contributed by atoms with Gasteiger partial charge < -0.3 is 10.1 Å². The minimum absolute atomic E-state index is 0.0571. The molecule has 0 saturated heterocycles. The second kappa shape index (κ2) is 6.55.